The van der Waals surface area contributed by atoms with Gasteiger partial charge in [0.05, 0.1) is 75.5 Å². The molecule has 1 aliphatic carbocycles. The molecule has 13 nitrogen and oxygen atoms in total. The highest BCUT2D eigenvalue weighted by molar-refractivity contribution is 8.00. The average Bonchev–Trinajstić information content (AvgIpc) is 4.23. The maximum absolute atomic E-state index is 7.06. The maximum atomic E-state index is 7.06. The molecule has 4 saturated heterocycles. The lowest BCUT2D eigenvalue weighted by atomic mass is 10.1. The third-order valence-corrected chi connectivity index (χ3v) is 17.1. The summed E-state index contributed by atoms with van der Waals surface area (Å²) in [6.07, 6.45) is 15.8. The van der Waals surface area contributed by atoms with Gasteiger partial charge in [-0.05, 0) is 70.3 Å². The van der Waals surface area contributed by atoms with Crippen molar-refractivity contribution in [2.75, 3.05) is 52.9 Å². The van der Waals surface area contributed by atoms with Crippen LogP contribution in [-0.2, 0) is 53.5 Å². The van der Waals surface area contributed by atoms with E-state index in [4.69, 9.17) is 60.5 Å². The van der Waals surface area contributed by atoms with E-state index >= 15 is 0 Å². The summed E-state index contributed by atoms with van der Waals surface area (Å²) in [5.74, 6) is 2.96. The summed E-state index contributed by atoms with van der Waals surface area (Å²) in [6, 6.07) is 40.8. The second-order valence-electron chi connectivity index (χ2n) is 19.2. The van der Waals surface area contributed by atoms with Crippen molar-refractivity contribution in [1.82, 2.24) is 0 Å². The third kappa shape index (κ3) is 17.8. The van der Waals surface area contributed by atoms with Crippen LogP contribution in [0.15, 0.2) is 191 Å². The molecule has 5 aliphatic rings. The number of hydrogen-bond acceptors (Lipinski definition) is 14. The lowest BCUT2D eigenvalue weighted by Gasteiger charge is -2.28. The maximum Gasteiger partial charge on any atom is 0.463 e. The molecule has 442 valence electrons. The van der Waals surface area contributed by atoms with Crippen LogP contribution >= 0.6 is 28.7 Å². The molecule has 0 radical (unpaired) electrons. The molecule has 0 saturated carbocycles. The van der Waals surface area contributed by atoms with Crippen molar-refractivity contribution in [1.29, 1.82) is 0 Å². The monoisotopic (exact) mass is 1190 g/mol. The van der Waals surface area contributed by atoms with Gasteiger partial charge in [0.25, 0.3) is 8.38 Å². The Bertz CT molecular complexity index is 3100. The Labute approximate surface area is 497 Å². The van der Waals surface area contributed by atoms with Gasteiger partial charge in [-0.2, -0.15) is 0 Å². The average molecular weight is 1190 g/mol. The minimum atomic E-state index is -2.05. The van der Waals surface area contributed by atoms with Crippen LogP contribution in [0.4, 0.5) is 0 Å². The minimum Gasteiger partial charge on any atom is -0.438 e. The first-order chi connectivity index (χ1) is 40.9. The predicted molar refractivity (Wildman–Crippen MR) is 333 cm³/mol. The smallest absolute Gasteiger partial charge is 0.438 e. The van der Waals surface area contributed by atoms with E-state index in [-0.39, 0.29) is 18.6 Å². The Hall–Kier alpha value is -5.41. The molecular formula is C67H80O13P2S. The number of ether oxygens (including phenoxy) is 8. The first-order valence-corrected chi connectivity index (χ1v) is 32.1. The summed E-state index contributed by atoms with van der Waals surface area (Å²) >= 11 is 1.66. The van der Waals surface area contributed by atoms with Crippen molar-refractivity contribution in [2.45, 2.75) is 115 Å². The second-order valence-corrected chi connectivity index (χ2v) is 23.3. The summed E-state index contributed by atoms with van der Waals surface area (Å²) in [5.41, 5.74) is 3.55. The molecule has 4 heterocycles. The van der Waals surface area contributed by atoms with Crippen molar-refractivity contribution in [3.8, 4) is 17.2 Å². The molecule has 6 aromatic rings. The largest absolute Gasteiger partial charge is 0.463 e. The molecule has 0 N–H and O–H groups in total. The number of fused-ring (bicyclic) bond motifs is 2. The van der Waals surface area contributed by atoms with E-state index in [1.165, 1.54) is 0 Å². The van der Waals surface area contributed by atoms with Crippen LogP contribution in [0.5, 0.6) is 17.2 Å². The topological polar surface area (TPSA) is 120 Å². The molecule has 4 fully saturated rings. The van der Waals surface area contributed by atoms with E-state index in [9.17, 15) is 0 Å². The van der Waals surface area contributed by atoms with E-state index in [1.807, 2.05) is 126 Å². The Morgan fingerprint density at radius 3 is 1.70 bits per heavy atom. The normalized spacial score (nSPS) is 18.1. The zero-order chi connectivity index (χ0) is 58.2. The summed E-state index contributed by atoms with van der Waals surface area (Å²) in [4.78, 5) is 1.98. The second kappa shape index (κ2) is 33.9. The minimum absolute atomic E-state index is 0.0356. The van der Waals surface area contributed by atoms with E-state index < -0.39 is 35.8 Å². The fourth-order valence-corrected chi connectivity index (χ4v) is 12.6. The summed E-state index contributed by atoms with van der Waals surface area (Å²) in [5, 5.41) is 4.32. The Kier molecular flexibility index (Phi) is 26.0. The van der Waals surface area contributed by atoms with Gasteiger partial charge in [-0.1, -0.05) is 206 Å². The van der Waals surface area contributed by atoms with Crippen molar-refractivity contribution in [3.05, 3.63) is 198 Å². The number of allylic oxidation sites excluding steroid dienone is 8. The highest BCUT2D eigenvalue weighted by Gasteiger charge is 2.31. The molecule has 6 aromatic carbocycles. The zero-order valence-corrected chi connectivity index (χ0v) is 51.6. The molecule has 4 aliphatic heterocycles. The third-order valence-electron chi connectivity index (χ3n) is 13.1. The fraction of sp³-hybridized carbons (Fsp3) is 0.373. The summed E-state index contributed by atoms with van der Waals surface area (Å²) < 4.78 is 80.5. The molecule has 0 amide bonds. The Morgan fingerprint density at radius 2 is 1.06 bits per heavy atom. The lowest BCUT2D eigenvalue weighted by Crippen LogP contribution is -2.18. The van der Waals surface area contributed by atoms with Gasteiger partial charge < -0.3 is 56.0 Å². The molecule has 3 atom stereocenters. The van der Waals surface area contributed by atoms with Gasteiger partial charge in [0, 0.05) is 22.9 Å². The van der Waals surface area contributed by atoms with E-state index in [0.29, 0.717) is 69.2 Å². The molecule has 16 heteroatoms. The van der Waals surface area contributed by atoms with Gasteiger partial charge in [-0.3, -0.25) is 4.52 Å². The molecule has 0 aromatic heterocycles. The van der Waals surface area contributed by atoms with Crippen LogP contribution in [-0.4, -0.2) is 71.1 Å². The summed E-state index contributed by atoms with van der Waals surface area (Å²) in [7, 11) is -3.53. The van der Waals surface area contributed by atoms with Crippen LogP contribution in [0.3, 0.4) is 0 Å². The van der Waals surface area contributed by atoms with Crippen molar-refractivity contribution >= 4 is 50.3 Å². The van der Waals surface area contributed by atoms with Crippen LogP contribution in [0, 0.1) is 5.92 Å². The zero-order valence-electron chi connectivity index (χ0n) is 49.0. The molecule has 83 heavy (non-hydrogen) atoms. The molecular weight excluding hydrogens is 1110 g/mol. The van der Waals surface area contributed by atoms with Crippen molar-refractivity contribution < 1.29 is 60.5 Å². The van der Waals surface area contributed by atoms with E-state index in [0.717, 1.165) is 79.0 Å². The van der Waals surface area contributed by atoms with Crippen molar-refractivity contribution in [3.63, 3.8) is 0 Å². The van der Waals surface area contributed by atoms with Gasteiger partial charge in [0.2, 0.25) is 0 Å². The summed E-state index contributed by atoms with van der Waals surface area (Å²) in [6.45, 7) is 21.3. The highest BCUT2D eigenvalue weighted by Crippen LogP contribution is 2.53. The SMILES string of the molecule is C/C=C\C=C/C(C)C1OCCO1.CC.CC.CC(C)P(Oc1ccccc1C1OCCCO1)Oc1ccc2ccccc2c1Sc1c(COP(OC2=CC=CC=C(C3OCCO3)C2)Oc2ccccc2C2OCCO2)ccc2ccccc12. The fourth-order valence-electron chi connectivity index (χ4n) is 9.12. The van der Waals surface area contributed by atoms with Crippen molar-refractivity contribution in [2.24, 2.45) is 5.92 Å². The van der Waals surface area contributed by atoms with E-state index in [2.05, 4.69) is 99.6 Å². The quantitative estimate of drug-likeness (QED) is 0.0533. The predicted octanol–water partition coefficient (Wildman–Crippen LogP) is 18.0. The number of rotatable bonds is 20. The number of benzene rings is 6. The van der Waals surface area contributed by atoms with Gasteiger partial charge in [0.1, 0.15) is 23.0 Å². The first kappa shape index (κ1) is 63.6. The van der Waals surface area contributed by atoms with Gasteiger partial charge >= 0.3 is 8.60 Å². The van der Waals surface area contributed by atoms with Crippen LogP contribution in [0.2, 0.25) is 0 Å². The number of para-hydroxylation sites is 2. The standard InChI is InChI=1S/C53H52O11P2S.C10H16O2.2C2H6/c1-36(2)65(62-46-22-11-9-20-44(46)52-54-28-13-29-55-52)63-48-27-26-38-15-5-8-19-43(38)50(48)67-49-40(25-24-37-14-4-7-18-42(37)49)35-60-66(64-47-23-12-10-21-45(47)53-58-32-33-59-53)61-41-17-6-3-16-39(34-41)51-56-30-31-57-51;1-3-4-5-6-9(2)10-11-7-8-12-10;2*1-2/h3-12,14-27,36,51-53H,13,28-35H2,1-2H3;3-6,9-10H,7-8H2,1-2H3;2*1-2H3/b;4-3-,6-5-;;. The van der Waals surface area contributed by atoms with E-state index in [1.54, 1.807) is 11.8 Å². The molecule has 0 bridgehead atoms. The van der Waals surface area contributed by atoms with Crippen LogP contribution < -0.4 is 13.6 Å². The Morgan fingerprint density at radius 1 is 0.530 bits per heavy atom. The first-order valence-electron chi connectivity index (χ1n) is 29.0. The Balaban J connectivity index is 0.000000494. The molecule has 11 rings (SSSR count). The van der Waals surface area contributed by atoms with Crippen LogP contribution in [0.25, 0.3) is 21.5 Å². The van der Waals surface area contributed by atoms with Gasteiger partial charge in [-0.25, -0.2) is 0 Å². The van der Waals surface area contributed by atoms with Crippen LogP contribution in [0.1, 0.15) is 97.5 Å². The number of hydrogen-bond donors (Lipinski definition) is 0. The van der Waals surface area contributed by atoms with Gasteiger partial charge in [-0.15, -0.1) is 0 Å². The van der Waals surface area contributed by atoms with Gasteiger partial charge in [0.15, 0.2) is 25.2 Å². The molecule has 3 unspecified atom stereocenters. The highest BCUT2D eigenvalue weighted by atomic mass is 32.2. The lowest BCUT2D eigenvalue weighted by molar-refractivity contribution is -0.183. The molecule has 0 spiro atoms.